The Morgan fingerprint density at radius 1 is 0.926 bits per heavy atom. The van der Waals surface area contributed by atoms with E-state index in [-0.39, 0.29) is 5.78 Å². The molecular formula is C24H20O3. The molecule has 0 N–H and O–H groups in total. The van der Waals surface area contributed by atoms with E-state index in [1.54, 1.807) is 0 Å². The number of ether oxygens (including phenoxy) is 2. The van der Waals surface area contributed by atoms with Gasteiger partial charge < -0.3 is 9.47 Å². The van der Waals surface area contributed by atoms with Crippen LogP contribution in [0.15, 0.2) is 84.4 Å². The molecule has 4 rings (SSSR count). The Morgan fingerprint density at radius 3 is 2.37 bits per heavy atom. The van der Waals surface area contributed by atoms with Crippen molar-refractivity contribution in [2.75, 3.05) is 6.61 Å². The summed E-state index contributed by atoms with van der Waals surface area (Å²) >= 11 is 0. The summed E-state index contributed by atoms with van der Waals surface area (Å²) in [4.78, 5) is 13.2. The average molecular weight is 356 g/mol. The lowest BCUT2D eigenvalue weighted by Crippen LogP contribution is -2.23. The van der Waals surface area contributed by atoms with Crippen LogP contribution in [0.4, 0.5) is 0 Å². The number of carbonyl (C=O) groups excluding carboxylic acids is 1. The van der Waals surface area contributed by atoms with Crippen LogP contribution in [0.2, 0.25) is 0 Å². The fourth-order valence-corrected chi connectivity index (χ4v) is 3.25. The molecule has 1 aliphatic rings. The molecule has 0 aromatic heterocycles. The quantitative estimate of drug-likeness (QED) is 0.580. The third kappa shape index (κ3) is 3.49. The van der Waals surface area contributed by atoms with Crippen LogP contribution in [0.3, 0.4) is 0 Å². The van der Waals surface area contributed by atoms with E-state index in [4.69, 9.17) is 9.47 Å². The number of para-hydroxylation sites is 1. The summed E-state index contributed by atoms with van der Waals surface area (Å²) in [7, 11) is 0. The Labute approximate surface area is 158 Å². The fourth-order valence-electron chi connectivity index (χ4n) is 3.25. The first-order valence-corrected chi connectivity index (χ1v) is 9.06. The highest BCUT2D eigenvalue weighted by molar-refractivity contribution is 6.14. The normalized spacial score (nSPS) is 17.3. The van der Waals surface area contributed by atoms with Crippen LogP contribution in [0, 0.1) is 0 Å². The maximum absolute atomic E-state index is 13.2. The highest BCUT2D eigenvalue weighted by Gasteiger charge is 2.32. The zero-order valence-electron chi connectivity index (χ0n) is 15.1. The smallest absolute Gasteiger partial charge is 0.196 e. The molecule has 0 saturated carbocycles. The molecule has 1 aliphatic heterocycles. The molecule has 27 heavy (non-hydrogen) atoms. The molecule has 3 aromatic rings. The van der Waals surface area contributed by atoms with Gasteiger partial charge in [-0.1, -0.05) is 54.6 Å². The van der Waals surface area contributed by atoms with E-state index in [9.17, 15) is 4.79 Å². The first-order valence-electron chi connectivity index (χ1n) is 9.06. The van der Waals surface area contributed by atoms with Gasteiger partial charge in [-0.05, 0) is 48.4 Å². The summed E-state index contributed by atoms with van der Waals surface area (Å²) in [5, 5.41) is 0. The maximum atomic E-state index is 13.2. The lowest BCUT2D eigenvalue weighted by Gasteiger charge is -2.28. The summed E-state index contributed by atoms with van der Waals surface area (Å²) in [5.41, 5.74) is 3.12. The zero-order chi connectivity index (χ0) is 18.6. The van der Waals surface area contributed by atoms with Crippen molar-refractivity contribution in [2.24, 2.45) is 0 Å². The van der Waals surface area contributed by atoms with Gasteiger partial charge in [0.2, 0.25) is 0 Å². The van der Waals surface area contributed by atoms with Crippen molar-refractivity contribution in [2.45, 2.75) is 13.0 Å². The minimum atomic E-state index is -0.430. The van der Waals surface area contributed by atoms with E-state index < -0.39 is 6.10 Å². The number of rotatable bonds is 4. The van der Waals surface area contributed by atoms with E-state index in [0.717, 1.165) is 16.9 Å². The van der Waals surface area contributed by atoms with Gasteiger partial charge in [0, 0.05) is 5.57 Å². The topological polar surface area (TPSA) is 35.5 Å². The Balaban J connectivity index is 1.78. The molecular weight excluding hydrogens is 336 g/mol. The standard InChI is InChI=1S/C24H20O3/c1-2-26-19-14-12-17(13-15-19)16-21-23(25)20-10-6-7-11-22(20)27-24(21)18-8-4-3-5-9-18/h3-16,24H,2H2,1H3/b21-16-/t24-/m1/s1. The number of Topliss-reactive ketones (excluding diaryl/α,β-unsaturated/α-hetero) is 1. The first-order chi connectivity index (χ1) is 13.3. The van der Waals surface area contributed by atoms with Crippen molar-refractivity contribution in [3.05, 3.63) is 101 Å². The molecule has 1 heterocycles. The Kier molecular flexibility index (Phi) is 4.75. The molecule has 3 nitrogen and oxygen atoms in total. The first kappa shape index (κ1) is 17.1. The van der Waals surface area contributed by atoms with E-state index >= 15 is 0 Å². The number of fused-ring (bicyclic) bond motifs is 1. The third-order valence-electron chi connectivity index (χ3n) is 4.54. The molecule has 0 saturated heterocycles. The molecule has 0 aliphatic carbocycles. The van der Waals surface area contributed by atoms with Gasteiger partial charge in [0.15, 0.2) is 11.9 Å². The van der Waals surface area contributed by atoms with Gasteiger partial charge in [-0.3, -0.25) is 4.79 Å². The van der Waals surface area contributed by atoms with Gasteiger partial charge in [-0.2, -0.15) is 0 Å². The Morgan fingerprint density at radius 2 is 1.63 bits per heavy atom. The third-order valence-corrected chi connectivity index (χ3v) is 4.54. The van der Waals surface area contributed by atoms with Crippen LogP contribution >= 0.6 is 0 Å². The average Bonchev–Trinajstić information content (AvgIpc) is 2.72. The summed E-state index contributed by atoms with van der Waals surface area (Å²) in [6, 6.07) is 25.0. The molecule has 0 unspecified atom stereocenters. The molecule has 3 aromatic carbocycles. The van der Waals surface area contributed by atoms with Crippen LogP contribution in [0.5, 0.6) is 11.5 Å². The molecule has 0 amide bonds. The van der Waals surface area contributed by atoms with Crippen LogP contribution in [-0.4, -0.2) is 12.4 Å². The minimum Gasteiger partial charge on any atom is -0.494 e. The monoisotopic (exact) mass is 356 g/mol. The summed E-state index contributed by atoms with van der Waals surface area (Å²) in [5.74, 6) is 1.44. The van der Waals surface area contributed by atoms with Crippen molar-refractivity contribution >= 4 is 11.9 Å². The van der Waals surface area contributed by atoms with Crippen LogP contribution in [-0.2, 0) is 0 Å². The van der Waals surface area contributed by atoms with Gasteiger partial charge >= 0.3 is 0 Å². The SMILES string of the molecule is CCOc1ccc(/C=C2/C(=O)c3ccccc3O[C@@H]2c2ccccc2)cc1. The summed E-state index contributed by atoms with van der Waals surface area (Å²) in [6.07, 6.45) is 1.48. The Bertz CT molecular complexity index is 972. The van der Waals surface area contributed by atoms with E-state index in [1.807, 2.05) is 91.9 Å². The van der Waals surface area contributed by atoms with Crippen LogP contribution < -0.4 is 9.47 Å². The highest BCUT2D eigenvalue weighted by atomic mass is 16.5. The van der Waals surface area contributed by atoms with Gasteiger partial charge in [-0.15, -0.1) is 0 Å². The minimum absolute atomic E-state index is 0.000382. The zero-order valence-corrected chi connectivity index (χ0v) is 15.1. The highest BCUT2D eigenvalue weighted by Crippen LogP contribution is 2.39. The van der Waals surface area contributed by atoms with Crippen molar-refractivity contribution in [1.82, 2.24) is 0 Å². The molecule has 0 radical (unpaired) electrons. The van der Waals surface area contributed by atoms with Crippen molar-refractivity contribution in [3.63, 3.8) is 0 Å². The fraction of sp³-hybridized carbons (Fsp3) is 0.125. The largest absolute Gasteiger partial charge is 0.494 e. The second kappa shape index (κ2) is 7.50. The number of hydrogen-bond donors (Lipinski definition) is 0. The van der Waals surface area contributed by atoms with Gasteiger partial charge in [-0.25, -0.2) is 0 Å². The van der Waals surface area contributed by atoms with Gasteiger partial charge in [0.05, 0.1) is 12.2 Å². The van der Waals surface area contributed by atoms with Crippen LogP contribution in [0.1, 0.15) is 34.5 Å². The predicted octanol–water partition coefficient (Wildman–Crippen LogP) is 5.49. The Hall–Kier alpha value is -3.33. The second-order valence-corrected chi connectivity index (χ2v) is 6.34. The molecule has 1 atom stereocenters. The lowest BCUT2D eigenvalue weighted by molar-refractivity contribution is 0.0963. The van der Waals surface area contributed by atoms with Crippen molar-refractivity contribution in [3.8, 4) is 11.5 Å². The number of ketones is 1. The molecule has 0 spiro atoms. The predicted molar refractivity (Wildman–Crippen MR) is 106 cm³/mol. The molecule has 134 valence electrons. The molecule has 0 fully saturated rings. The van der Waals surface area contributed by atoms with Crippen LogP contribution in [0.25, 0.3) is 6.08 Å². The maximum Gasteiger partial charge on any atom is 0.196 e. The van der Waals surface area contributed by atoms with Gasteiger partial charge in [0.1, 0.15) is 11.5 Å². The lowest BCUT2D eigenvalue weighted by atomic mass is 9.89. The molecule has 0 bridgehead atoms. The number of carbonyl (C=O) groups is 1. The summed E-state index contributed by atoms with van der Waals surface area (Å²) in [6.45, 7) is 2.58. The second-order valence-electron chi connectivity index (χ2n) is 6.34. The van der Waals surface area contributed by atoms with Gasteiger partial charge in [0.25, 0.3) is 0 Å². The van der Waals surface area contributed by atoms with E-state index in [1.165, 1.54) is 0 Å². The van der Waals surface area contributed by atoms with E-state index in [0.29, 0.717) is 23.5 Å². The number of benzene rings is 3. The number of hydrogen-bond acceptors (Lipinski definition) is 3. The van der Waals surface area contributed by atoms with Crippen molar-refractivity contribution < 1.29 is 14.3 Å². The van der Waals surface area contributed by atoms with E-state index in [2.05, 4.69) is 0 Å². The van der Waals surface area contributed by atoms with Crippen molar-refractivity contribution in [1.29, 1.82) is 0 Å². The summed E-state index contributed by atoms with van der Waals surface area (Å²) < 4.78 is 11.7. The molecule has 3 heteroatoms.